The van der Waals surface area contributed by atoms with Crippen molar-refractivity contribution in [2.75, 3.05) is 0 Å². The highest BCUT2D eigenvalue weighted by atomic mass is 19.3. The van der Waals surface area contributed by atoms with Crippen LogP contribution in [0.5, 0.6) is 5.75 Å². The minimum absolute atomic E-state index is 0.116. The topological polar surface area (TPSA) is 9.23 Å². The highest BCUT2D eigenvalue weighted by Crippen LogP contribution is 2.31. The largest absolute Gasteiger partial charge is 0.435 e. The molecule has 0 aliphatic heterocycles. The zero-order valence-corrected chi connectivity index (χ0v) is 15.8. The first-order valence-corrected chi connectivity index (χ1v) is 9.42. The lowest BCUT2D eigenvalue weighted by Gasteiger charge is -2.10. The van der Waals surface area contributed by atoms with E-state index in [1.165, 1.54) is 17.7 Å². The summed E-state index contributed by atoms with van der Waals surface area (Å²) in [6.07, 6.45) is 0.913. The van der Waals surface area contributed by atoms with Crippen molar-refractivity contribution in [2.24, 2.45) is 0 Å². The van der Waals surface area contributed by atoms with Gasteiger partial charge in [0.1, 0.15) is 11.6 Å². The van der Waals surface area contributed by atoms with Crippen molar-refractivity contribution in [1.29, 1.82) is 0 Å². The number of fused-ring (bicyclic) bond motifs is 1. The predicted octanol–water partition coefficient (Wildman–Crippen LogP) is 7.48. The second-order valence-electron chi connectivity index (χ2n) is 6.82. The molecule has 0 fully saturated rings. The Morgan fingerprint density at radius 1 is 0.759 bits per heavy atom. The van der Waals surface area contributed by atoms with Crippen molar-refractivity contribution >= 4 is 10.8 Å². The zero-order chi connectivity index (χ0) is 20.4. The first kappa shape index (κ1) is 19.1. The summed E-state index contributed by atoms with van der Waals surface area (Å²) >= 11 is 0. The van der Waals surface area contributed by atoms with E-state index in [2.05, 4.69) is 11.7 Å². The van der Waals surface area contributed by atoms with Crippen LogP contribution in [-0.2, 0) is 6.42 Å². The number of hydrogen-bond donors (Lipinski definition) is 0. The molecule has 4 rings (SSSR count). The molecule has 29 heavy (non-hydrogen) atoms. The van der Waals surface area contributed by atoms with E-state index >= 15 is 4.39 Å². The molecule has 0 spiro atoms. The highest BCUT2D eigenvalue weighted by molar-refractivity contribution is 5.89. The number of benzene rings is 4. The van der Waals surface area contributed by atoms with Crippen molar-refractivity contribution in [2.45, 2.75) is 20.0 Å². The van der Waals surface area contributed by atoms with Crippen LogP contribution in [0.15, 0.2) is 78.9 Å². The van der Waals surface area contributed by atoms with Gasteiger partial charge >= 0.3 is 6.61 Å². The van der Waals surface area contributed by atoms with Crippen LogP contribution in [-0.4, -0.2) is 6.61 Å². The summed E-state index contributed by atoms with van der Waals surface area (Å²) in [5.74, 6) is -0.115. The minimum Gasteiger partial charge on any atom is -0.435 e. The summed E-state index contributed by atoms with van der Waals surface area (Å²) in [5.41, 5.74) is 4.29. The van der Waals surface area contributed by atoms with Crippen molar-refractivity contribution < 1.29 is 17.9 Å². The number of rotatable bonds is 5. The summed E-state index contributed by atoms with van der Waals surface area (Å²) in [5, 5.41) is 1.51. The summed E-state index contributed by atoms with van der Waals surface area (Å²) in [6.45, 7) is -0.766. The smallest absolute Gasteiger partial charge is 0.387 e. The second kappa shape index (κ2) is 8.00. The second-order valence-corrected chi connectivity index (χ2v) is 6.82. The highest BCUT2D eigenvalue weighted by Gasteiger charge is 2.10. The molecule has 0 aromatic heterocycles. The van der Waals surface area contributed by atoms with Gasteiger partial charge in [0.25, 0.3) is 0 Å². The van der Waals surface area contributed by atoms with Crippen LogP contribution in [0.4, 0.5) is 13.2 Å². The average Bonchev–Trinajstić information content (AvgIpc) is 2.74. The van der Waals surface area contributed by atoms with Crippen molar-refractivity contribution in [1.82, 2.24) is 0 Å². The van der Waals surface area contributed by atoms with Gasteiger partial charge < -0.3 is 4.74 Å². The van der Waals surface area contributed by atoms with Crippen LogP contribution in [0, 0.1) is 5.82 Å². The molecule has 4 aromatic carbocycles. The third kappa shape index (κ3) is 3.97. The van der Waals surface area contributed by atoms with Crippen LogP contribution in [0.1, 0.15) is 12.5 Å². The maximum atomic E-state index is 15.1. The number of hydrogen-bond acceptors (Lipinski definition) is 1. The fraction of sp³-hybridized carbons (Fsp3) is 0.120. The summed E-state index contributed by atoms with van der Waals surface area (Å²) in [4.78, 5) is 0. The van der Waals surface area contributed by atoms with Gasteiger partial charge in [-0.25, -0.2) is 4.39 Å². The van der Waals surface area contributed by atoms with Gasteiger partial charge in [-0.3, -0.25) is 0 Å². The molecule has 0 saturated heterocycles. The van der Waals surface area contributed by atoms with Crippen molar-refractivity contribution in [3.05, 3.63) is 90.2 Å². The van der Waals surface area contributed by atoms with Crippen molar-refractivity contribution in [3.8, 4) is 28.0 Å². The number of aryl methyl sites for hydroxylation is 1. The minimum atomic E-state index is -2.84. The quantitative estimate of drug-likeness (QED) is 0.342. The molecule has 0 aliphatic carbocycles. The Labute approximate surface area is 167 Å². The molecular formula is C25H19F3O. The van der Waals surface area contributed by atoms with Gasteiger partial charge in [-0.15, -0.1) is 0 Å². The van der Waals surface area contributed by atoms with Crippen LogP contribution >= 0.6 is 0 Å². The molecule has 0 unspecified atom stereocenters. The van der Waals surface area contributed by atoms with E-state index in [-0.39, 0.29) is 11.6 Å². The fourth-order valence-corrected chi connectivity index (χ4v) is 3.46. The number of ether oxygens (including phenoxy) is 1. The Hall–Kier alpha value is -3.27. The summed E-state index contributed by atoms with van der Waals surface area (Å²) < 4.78 is 44.0. The molecule has 0 radical (unpaired) electrons. The maximum absolute atomic E-state index is 15.1. The molecule has 0 saturated carbocycles. The normalized spacial score (nSPS) is 11.2. The Morgan fingerprint density at radius 3 is 2.00 bits per heavy atom. The van der Waals surface area contributed by atoms with Crippen LogP contribution in [0.2, 0.25) is 0 Å². The van der Waals surface area contributed by atoms with Gasteiger partial charge in [-0.05, 0) is 46.2 Å². The zero-order valence-electron chi connectivity index (χ0n) is 15.8. The van der Waals surface area contributed by atoms with Gasteiger partial charge in [0.2, 0.25) is 0 Å². The van der Waals surface area contributed by atoms with Crippen molar-refractivity contribution in [3.63, 3.8) is 0 Å². The van der Waals surface area contributed by atoms with E-state index in [1.807, 2.05) is 54.6 Å². The fourth-order valence-electron chi connectivity index (χ4n) is 3.46. The van der Waals surface area contributed by atoms with Gasteiger partial charge in [0.15, 0.2) is 0 Å². The number of halogens is 3. The van der Waals surface area contributed by atoms with E-state index < -0.39 is 6.61 Å². The van der Waals surface area contributed by atoms with E-state index in [0.717, 1.165) is 28.5 Å². The molecule has 0 bridgehead atoms. The first-order valence-electron chi connectivity index (χ1n) is 9.42. The lowest BCUT2D eigenvalue weighted by molar-refractivity contribution is -0.0498. The maximum Gasteiger partial charge on any atom is 0.387 e. The lowest BCUT2D eigenvalue weighted by atomic mass is 9.96. The van der Waals surface area contributed by atoms with Crippen LogP contribution in [0.3, 0.4) is 0 Å². The third-order valence-corrected chi connectivity index (χ3v) is 5.04. The first-order chi connectivity index (χ1) is 14.0. The Morgan fingerprint density at radius 2 is 1.38 bits per heavy atom. The van der Waals surface area contributed by atoms with Gasteiger partial charge in [0.05, 0.1) is 0 Å². The Bertz CT molecular complexity index is 1130. The van der Waals surface area contributed by atoms with E-state index in [9.17, 15) is 8.78 Å². The van der Waals surface area contributed by atoms with E-state index in [4.69, 9.17) is 0 Å². The lowest BCUT2D eigenvalue weighted by Crippen LogP contribution is -2.01. The molecule has 1 nitrogen and oxygen atoms in total. The SMILES string of the molecule is CCc1ccc2c(F)c(-c3ccc(-c4ccc(OC(F)F)cc4)cc3)ccc2c1. The molecule has 0 heterocycles. The van der Waals surface area contributed by atoms with Gasteiger partial charge in [-0.1, -0.05) is 73.7 Å². The van der Waals surface area contributed by atoms with E-state index in [0.29, 0.717) is 10.9 Å². The Kier molecular flexibility index (Phi) is 5.26. The van der Waals surface area contributed by atoms with E-state index in [1.54, 1.807) is 12.1 Å². The molecule has 0 aliphatic rings. The average molecular weight is 392 g/mol. The predicted molar refractivity (Wildman–Crippen MR) is 111 cm³/mol. The third-order valence-electron chi connectivity index (χ3n) is 5.04. The molecule has 146 valence electrons. The standard InChI is InChI=1S/C25H19F3O/c1-2-16-3-13-23-20(15-16)10-14-22(24(23)26)19-6-4-17(5-7-19)18-8-11-21(12-9-18)29-25(27)28/h3-15,25H,2H2,1H3. The molecule has 4 heteroatoms. The van der Waals surface area contributed by atoms with Gasteiger partial charge in [-0.2, -0.15) is 8.78 Å². The number of alkyl halides is 2. The van der Waals surface area contributed by atoms with Crippen LogP contribution < -0.4 is 4.74 Å². The molecular weight excluding hydrogens is 373 g/mol. The summed E-state index contributed by atoms with van der Waals surface area (Å²) in [6, 6.07) is 23.5. The summed E-state index contributed by atoms with van der Waals surface area (Å²) in [7, 11) is 0. The Balaban J connectivity index is 1.63. The molecule has 0 amide bonds. The molecule has 0 N–H and O–H groups in total. The van der Waals surface area contributed by atoms with Gasteiger partial charge in [0, 0.05) is 10.9 Å². The molecule has 0 atom stereocenters. The monoisotopic (exact) mass is 392 g/mol. The van der Waals surface area contributed by atoms with Crippen LogP contribution in [0.25, 0.3) is 33.0 Å². The molecule has 4 aromatic rings.